The van der Waals surface area contributed by atoms with E-state index in [0.717, 1.165) is 47.3 Å². The quantitative estimate of drug-likeness (QED) is 0.864. The van der Waals surface area contributed by atoms with E-state index in [9.17, 15) is 4.79 Å². The molecule has 3 rings (SSSR count). The first-order valence-electron chi connectivity index (χ1n) is 7.38. The molecule has 112 valence electrons. The van der Waals surface area contributed by atoms with Crippen molar-refractivity contribution in [1.29, 1.82) is 0 Å². The third-order valence-electron chi connectivity index (χ3n) is 4.07. The van der Waals surface area contributed by atoms with E-state index >= 15 is 0 Å². The number of hydrogen-bond donors (Lipinski definition) is 1. The van der Waals surface area contributed by atoms with Crippen LogP contribution in [0.4, 0.5) is 0 Å². The van der Waals surface area contributed by atoms with Crippen LogP contribution in [0, 0.1) is 0 Å². The van der Waals surface area contributed by atoms with Crippen molar-refractivity contribution in [3.05, 3.63) is 59.7 Å². The minimum atomic E-state index is -0.877. The Kier molecular flexibility index (Phi) is 3.96. The Morgan fingerprint density at radius 1 is 1.09 bits per heavy atom. The number of benzene rings is 2. The van der Waals surface area contributed by atoms with Crippen molar-refractivity contribution in [3.8, 4) is 16.9 Å². The number of methoxy groups -OCH3 is 1. The van der Waals surface area contributed by atoms with E-state index in [1.807, 2.05) is 24.3 Å². The van der Waals surface area contributed by atoms with E-state index in [0.29, 0.717) is 0 Å². The first-order valence-corrected chi connectivity index (χ1v) is 7.38. The third-order valence-corrected chi connectivity index (χ3v) is 4.07. The fraction of sp³-hybridized carbons (Fsp3) is 0.211. The zero-order valence-electron chi connectivity index (χ0n) is 12.5. The smallest absolute Gasteiger partial charge is 0.328 e. The summed E-state index contributed by atoms with van der Waals surface area (Å²) < 4.78 is 5.18. The van der Waals surface area contributed by atoms with E-state index in [1.54, 1.807) is 7.11 Å². The van der Waals surface area contributed by atoms with Crippen LogP contribution < -0.4 is 4.74 Å². The fourth-order valence-corrected chi connectivity index (χ4v) is 2.96. The van der Waals surface area contributed by atoms with Gasteiger partial charge in [-0.1, -0.05) is 24.3 Å². The zero-order chi connectivity index (χ0) is 15.5. The number of allylic oxidation sites excluding steroid dienone is 1. The lowest BCUT2D eigenvalue weighted by atomic mass is 9.85. The summed E-state index contributed by atoms with van der Waals surface area (Å²) in [6.45, 7) is 0. The largest absolute Gasteiger partial charge is 0.497 e. The maximum Gasteiger partial charge on any atom is 0.328 e. The molecule has 1 N–H and O–H groups in total. The maximum atomic E-state index is 11.0. The summed E-state index contributed by atoms with van der Waals surface area (Å²) in [4.78, 5) is 11.0. The Morgan fingerprint density at radius 3 is 2.50 bits per heavy atom. The molecule has 3 heteroatoms. The van der Waals surface area contributed by atoms with Gasteiger partial charge in [-0.3, -0.25) is 0 Å². The van der Waals surface area contributed by atoms with Crippen LogP contribution in [0.25, 0.3) is 16.7 Å². The minimum absolute atomic E-state index is 0.825. The highest BCUT2D eigenvalue weighted by atomic mass is 16.5. The molecule has 2 aromatic carbocycles. The van der Waals surface area contributed by atoms with E-state index in [1.165, 1.54) is 11.6 Å². The number of aryl methyl sites for hydroxylation is 1. The first-order chi connectivity index (χ1) is 10.7. The number of ether oxygens (including phenoxy) is 1. The third kappa shape index (κ3) is 2.89. The standard InChI is InChI=1S/C19H18O3/c1-22-17-9-7-13(8-10-17)15-6-5-14-3-2-4-16(12-19(20)21)18(14)11-15/h5-12H,2-4H2,1H3,(H,20,21)/b16-12+. The van der Waals surface area contributed by atoms with Crippen LogP contribution >= 0.6 is 0 Å². The van der Waals surface area contributed by atoms with Gasteiger partial charge in [0.2, 0.25) is 0 Å². The summed E-state index contributed by atoms with van der Waals surface area (Å²) in [6.07, 6.45) is 4.18. The molecule has 0 fully saturated rings. The van der Waals surface area contributed by atoms with Crippen molar-refractivity contribution in [2.24, 2.45) is 0 Å². The SMILES string of the molecule is COc1ccc(-c2ccc3c(c2)/C(=C/C(=O)O)CCC3)cc1. The molecule has 3 nitrogen and oxygen atoms in total. The molecule has 0 aliphatic heterocycles. The van der Waals surface area contributed by atoms with Gasteiger partial charge >= 0.3 is 5.97 Å². The normalized spacial score (nSPS) is 15.4. The molecular weight excluding hydrogens is 276 g/mol. The Bertz CT molecular complexity index is 727. The predicted molar refractivity (Wildman–Crippen MR) is 87.0 cm³/mol. The zero-order valence-corrected chi connectivity index (χ0v) is 12.5. The lowest BCUT2D eigenvalue weighted by Gasteiger charge is -2.20. The second-order valence-electron chi connectivity index (χ2n) is 5.46. The second-order valence-corrected chi connectivity index (χ2v) is 5.46. The number of aliphatic carboxylic acids is 1. The lowest BCUT2D eigenvalue weighted by Crippen LogP contribution is -2.04. The number of rotatable bonds is 3. The highest BCUT2D eigenvalue weighted by Gasteiger charge is 2.16. The fourth-order valence-electron chi connectivity index (χ4n) is 2.96. The molecular formula is C19H18O3. The topological polar surface area (TPSA) is 46.5 Å². The van der Waals surface area contributed by atoms with Gasteiger partial charge < -0.3 is 9.84 Å². The molecule has 0 spiro atoms. The van der Waals surface area contributed by atoms with Gasteiger partial charge in [0.15, 0.2) is 0 Å². The molecule has 1 aliphatic carbocycles. The van der Waals surface area contributed by atoms with Gasteiger partial charge in [0.25, 0.3) is 0 Å². The van der Waals surface area contributed by atoms with Gasteiger partial charge in [0.1, 0.15) is 5.75 Å². The number of hydrogen-bond acceptors (Lipinski definition) is 2. The van der Waals surface area contributed by atoms with E-state index in [2.05, 4.69) is 18.2 Å². The molecule has 0 amide bonds. The average molecular weight is 294 g/mol. The van der Waals surface area contributed by atoms with Gasteiger partial charge in [-0.2, -0.15) is 0 Å². The molecule has 0 radical (unpaired) electrons. The molecule has 22 heavy (non-hydrogen) atoms. The van der Waals surface area contributed by atoms with Crippen molar-refractivity contribution >= 4 is 11.5 Å². The van der Waals surface area contributed by atoms with Crippen molar-refractivity contribution in [2.45, 2.75) is 19.3 Å². The van der Waals surface area contributed by atoms with Crippen LogP contribution in [-0.2, 0) is 11.2 Å². The van der Waals surface area contributed by atoms with Crippen molar-refractivity contribution in [3.63, 3.8) is 0 Å². The monoisotopic (exact) mass is 294 g/mol. The molecule has 1 aliphatic rings. The van der Waals surface area contributed by atoms with Crippen LogP contribution in [0.5, 0.6) is 5.75 Å². The lowest BCUT2D eigenvalue weighted by molar-refractivity contribution is -0.131. The maximum absolute atomic E-state index is 11.0. The second kappa shape index (κ2) is 6.06. The summed E-state index contributed by atoms with van der Waals surface area (Å²) >= 11 is 0. The van der Waals surface area contributed by atoms with Crippen molar-refractivity contribution in [1.82, 2.24) is 0 Å². The Morgan fingerprint density at radius 2 is 1.82 bits per heavy atom. The minimum Gasteiger partial charge on any atom is -0.497 e. The number of carboxylic acid groups (broad SMARTS) is 1. The van der Waals surface area contributed by atoms with Crippen LogP contribution in [-0.4, -0.2) is 18.2 Å². The Hall–Kier alpha value is -2.55. The van der Waals surface area contributed by atoms with Crippen LogP contribution in [0.2, 0.25) is 0 Å². The summed E-state index contributed by atoms with van der Waals surface area (Å²) in [5.41, 5.74) is 5.42. The number of carbonyl (C=O) groups is 1. The summed E-state index contributed by atoms with van der Waals surface area (Å²) in [5.74, 6) is -0.0501. The van der Waals surface area contributed by atoms with Gasteiger partial charge in [0, 0.05) is 6.08 Å². The highest BCUT2D eigenvalue weighted by Crippen LogP contribution is 2.34. The molecule has 0 atom stereocenters. The van der Waals surface area contributed by atoms with Gasteiger partial charge in [-0.05, 0) is 65.3 Å². The van der Waals surface area contributed by atoms with Gasteiger partial charge in [-0.25, -0.2) is 4.79 Å². The summed E-state index contributed by atoms with van der Waals surface area (Å²) in [7, 11) is 1.65. The summed E-state index contributed by atoms with van der Waals surface area (Å²) in [5, 5.41) is 9.05. The molecule has 0 saturated heterocycles. The Balaban J connectivity index is 2.03. The van der Waals surface area contributed by atoms with E-state index in [-0.39, 0.29) is 0 Å². The molecule has 2 aromatic rings. The molecule has 0 bridgehead atoms. The first kappa shape index (κ1) is 14.4. The number of fused-ring (bicyclic) bond motifs is 1. The highest BCUT2D eigenvalue weighted by molar-refractivity contribution is 5.91. The molecule has 0 unspecified atom stereocenters. The molecule has 0 aromatic heterocycles. The van der Waals surface area contributed by atoms with Crippen LogP contribution in [0.3, 0.4) is 0 Å². The van der Waals surface area contributed by atoms with E-state index in [4.69, 9.17) is 9.84 Å². The predicted octanol–water partition coefficient (Wildman–Crippen LogP) is 4.17. The number of carboxylic acids is 1. The van der Waals surface area contributed by atoms with Gasteiger partial charge in [-0.15, -0.1) is 0 Å². The van der Waals surface area contributed by atoms with Crippen molar-refractivity contribution < 1.29 is 14.6 Å². The van der Waals surface area contributed by atoms with Crippen LogP contribution in [0.1, 0.15) is 24.0 Å². The molecule has 0 heterocycles. The van der Waals surface area contributed by atoms with E-state index < -0.39 is 5.97 Å². The summed E-state index contributed by atoms with van der Waals surface area (Å²) in [6, 6.07) is 14.2. The van der Waals surface area contributed by atoms with Gasteiger partial charge in [0.05, 0.1) is 7.11 Å². The molecule has 0 saturated carbocycles. The Labute approximate surface area is 129 Å². The van der Waals surface area contributed by atoms with Crippen molar-refractivity contribution in [2.75, 3.05) is 7.11 Å². The average Bonchev–Trinajstić information content (AvgIpc) is 2.54. The van der Waals surface area contributed by atoms with Crippen LogP contribution in [0.15, 0.2) is 48.5 Å².